The molecule has 3 atom stereocenters. The summed E-state index contributed by atoms with van der Waals surface area (Å²) in [6.07, 6.45) is 10.2. The maximum absolute atomic E-state index is 6.48. The van der Waals surface area contributed by atoms with Crippen LogP contribution in [-0.4, -0.2) is 42.7 Å². The van der Waals surface area contributed by atoms with E-state index in [1.807, 2.05) is 0 Å². The number of ether oxygens (including phenoxy) is 1. The summed E-state index contributed by atoms with van der Waals surface area (Å²) in [6.45, 7) is 9.23. The Labute approximate surface area is 169 Å². The van der Waals surface area contributed by atoms with Crippen molar-refractivity contribution in [2.45, 2.75) is 83.0 Å². The van der Waals surface area contributed by atoms with Gasteiger partial charge >= 0.3 is 0 Å². The number of rotatable bonds is 9. The Morgan fingerprint density at radius 2 is 1.96 bits per heavy atom. The van der Waals surface area contributed by atoms with E-state index in [2.05, 4.69) is 36.1 Å². The second-order valence-corrected chi connectivity index (χ2v) is 8.82. The molecule has 7 heteroatoms. The van der Waals surface area contributed by atoms with Crippen molar-refractivity contribution in [1.29, 1.82) is 0 Å². The first-order valence-electron chi connectivity index (χ1n) is 10.9. The van der Waals surface area contributed by atoms with Crippen LogP contribution in [0.3, 0.4) is 0 Å². The Morgan fingerprint density at radius 3 is 2.57 bits per heavy atom. The summed E-state index contributed by atoms with van der Waals surface area (Å²) in [6, 6.07) is 0.370. The molecule has 3 rings (SSSR count). The minimum atomic E-state index is -0.540. The molecule has 7 nitrogen and oxygen atoms in total. The number of nitrogens with one attached hydrogen (secondary N) is 2. The molecule has 2 unspecified atom stereocenters. The van der Waals surface area contributed by atoms with Crippen LogP contribution in [0.4, 0.5) is 0 Å². The van der Waals surface area contributed by atoms with Crippen LogP contribution in [0.1, 0.15) is 65.2 Å². The second-order valence-electron chi connectivity index (χ2n) is 8.82. The van der Waals surface area contributed by atoms with Gasteiger partial charge in [-0.1, -0.05) is 32.3 Å². The van der Waals surface area contributed by atoms with Crippen LogP contribution in [0.2, 0.25) is 0 Å². The van der Waals surface area contributed by atoms with Crippen molar-refractivity contribution in [1.82, 2.24) is 10.6 Å². The Kier molecular flexibility index (Phi) is 7.12. The summed E-state index contributed by atoms with van der Waals surface area (Å²) in [4.78, 5) is 9.36. The predicted octanol–water partition coefficient (Wildman–Crippen LogP) is 2.24. The smallest absolute Gasteiger partial charge is 0.193 e. The fourth-order valence-electron chi connectivity index (χ4n) is 4.41. The Bertz CT molecular complexity index is 608. The van der Waals surface area contributed by atoms with Gasteiger partial charge in [0.1, 0.15) is 24.3 Å². The molecule has 2 aliphatic carbocycles. The van der Waals surface area contributed by atoms with Crippen LogP contribution in [-0.2, 0) is 4.74 Å². The average molecular weight is 391 g/mol. The molecule has 0 aromatic carbocycles. The largest absolute Gasteiger partial charge is 0.475 e. The maximum Gasteiger partial charge on any atom is 0.193 e. The number of hydrogen-bond donors (Lipinski definition) is 4. The van der Waals surface area contributed by atoms with Crippen molar-refractivity contribution >= 4 is 11.7 Å². The highest BCUT2D eigenvalue weighted by molar-refractivity contribution is 6.09. The van der Waals surface area contributed by atoms with Crippen molar-refractivity contribution in [3.8, 4) is 0 Å². The summed E-state index contributed by atoms with van der Waals surface area (Å²) >= 11 is 0. The van der Waals surface area contributed by atoms with Crippen LogP contribution >= 0.6 is 0 Å². The summed E-state index contributed by atoms with van der Waals surface area (Å²) in [7, 11) is 0. The van der Waals surface area contributed by atoms with E-state index in [0.29, 0.717) is 35.3 Å². The molecule has 2 fully saturated rings. The number of amidine groups is 2. The lowest BCUT2D eigenvalue weighted by molar-refractivity contribution is 0.198. The van der Waals surface area contributed by atoms with Crippen molar-refractivity contribution in [2.24, 2.45) is 33.3 Å². The van der Waals surface area contributed by atoms with Gasteiger partial charge in [-0.3, -0.25) is 11.1 Å². The topological polar surface area (TPSA) is 110 Å². The molecule has 1 aliphatic heterocycles. The SMILES string of the molecule is C=C(OCN)C1=NC(N[C@H](C)C2CCC2)C(C)(NCC2CCCCC2)C(N)=N1. The third-order valence-corrected chi connectivity index (χ3v) is 6.82. The first kappa shape index (κ1) is 21.3. The summed E-state index contributed by atoms with van der Waals surface area (Å²) in [5, 5.41) is 7.44. The Morgan fingerprint density at radius 1 is 1.25 bits per heavy atom. The zero-order valence-electron chi connectivity index (χ0n) is 17.5. The van der Waals surface area contributed by atoms with Crippen LogP contribution in [0.25, 0.3) is 0 Å². The van der Waals surface area contributed by atoms with Gasteiger partial charge in [0.15, 0.2) is 11.6 Å². The zero-order valence-corrected chi connectivity index (χ0v) is 17.5. The van der Waals surface area contributed by atoms with Gasteiger partial charge in [-0.05, 0) is 57.9 Å². The average Bonchev–Trinajstić information content (AvgIpc) is 2.63. The minimum Gasteiger partial charge on any atom is -0.475 e. The van der Waals surface area contributed by atoms with Gasteiger partial charge in [0.05, 0.1) is 0 Å². The van der Waals surface area contributed by atoms with Crippen LogP contribution in [0, 0.1) is 11.8 Å². The normalized spacial score (nSPS) is 30.2. The first-order valence-corrected chi connectivity index (χ1v) is 10.9. The molecule has 0 aromatic rings. The third kappa shape index (κ3) is 4.75. The summed E-state index contributed by atoms with van der Waals surface area (Å²) < 4.78 is 5.33. The molecule has 1 heterocycles. The van der Waals surface area contributed by atoms with Crippen molar-refractivity contribution in [2.75, 3.05) is 13.3 Å². The van der Waals surface area contributed by atoms with Crippen molar-refractivity contribution < 1.29 is 4.74 Å². The number of aliphatic imine (C=N–C) groups is 2. The molecule has 158 valence electrons. The van der Waals surface area contributed by atoms with E-state index in [-0.39, 0.29) is 12.9 Å². The highest BCUT2D eigenvalue weighted by atomic mass is 16.5. The molecule has 0 saturated heterocycles. The molecule has 2 saturated carbocycles. The quantitative estimate of drug-likeness (QED) is 0.356. The van der Waals surface area contributed by atoms with E-state index in [1.165, 1.54) is 51.4 Å². The Balaban J connectivity index is 1.75. The second kappa shape index (κ2) is 9.37. The van der Waals surface area contributed by atoms with E-state index < -0.39 is 5.54 Å². The molecule has 0 spiro atoms. The number of nitrogens with zero attached hydrogens (tertiary/aromatic N) is 2. The Hall–Kier alpha value is -1.44. The van der Waals surface area contributed by atoms with Crippen LogP contribution in [0.5, 0.6) is 0 Å². The van der Waals surface area contributed by atoms with E-state index in [4.69, 9.17) is 21.2 Å². The summed E-state index contributed by atoms with van der Waals surface area (Å²) in [5.74, 6) is 2.71. The predicted molar refractivity (Wildman–Crippen MR) is 115 cm³/mol. The molecule has 0 bridgehead atoms. The highest BCUT2D eigenvalue weighted by Gasteiger charge is 2.43. The number of nitrogens with two attached hydrogens (primary N) is 2. The third-order valence-electron chi connectivity index (χ3n) is 6.82. The molecule has 6 N–H and O–H groups in total. The monoisotopic (exact) mass is 390 g/mol. The maximum atomic E-state index is 6.48. The van der Waals surface area contributed by atoms with Crippen LogP contribution in [0.15, 0.2) is 22.3 Å². The summed E-state index contributed by atoms with van der Waals surface area (Å²) in [5.41, 5.74) is 11.4. The highest BCUT2D eigenvalue weighted by Crippen LogP contribution is 2.31. The molecular weight excluding hydrogens is 352 g/mol. The van der Waals surface area contributed by atoms with Gasteiger partial charge < -0.3 is 15.8 Å². The lowest BCUT2D eigenvalue weighted by Crippen LogP contribution is -2.68. The van der Waals surface area contributed by atoms with Gasteiger partial charge in [-0.2, -0.15) is 0 Å². The van der Waals surface area contributed by atoms with Gasteiger partial charge in [-0.25, -0.2) is 9.98 Å². The number of hydrogen-bond acceptors (Lipinski definition) is 7. The molecule has 0 aromatic heterocycles. The van der Waals surface area contributed by atoms with E-state index in [1.54, 1.807) is 0 Å². The molecule has 28 heavy (non-hydrogen) atoms. The minimum absolute atomic E-state index is 0.0427. The first-order chi connectivity index (χ1) is 13.4. The molecule has 3 aliphatic rings. The van der Waals surface area contributed by atoms with E-state index >= 15 is 0 Å². The van der Waals surface area contributed by atoms with Gasteiger partial charge in [0.2, 0.25) is 0 Å². The molecule has 0 radical (unpaired) electrons. The lowest BCUT2D eigenvalue weighted by atomic mass is 9.79. The molecular formula is C21H38N6O. The van der Waals surface area contributed by atoms with E-state index in [9.17, 15) is 0 Å². The standard InChI is InChI=1S/C21H38N6O/c1-14(17-10-7-11-17)25-20-21(3,24-12-16-8-5-4-6-9-16)19(23)26-18(27-20)15(2)28-13-22/h14,16-17,20,24-25H,2,4-13,22H2,1,3H3,(H2,23,26,27)/t14-,20?,21?/m1/s1. The molecule has 0 amide bonds. The lowest BCUT2D eigenvalue weighted by Gasteiger charge is -2.43. The van der Waals surface area contributed by atoms with Crippen LogP contribution < -0.4 is 22.1 Å². The van der Waals surface area contributed by atoms with E-state index in [0.717, 1.165) is 6.54 Å². The fourth-order valence-corrected chi connectivity index (χ4v) is 4.41. The van der Waals surface area contributed by atoms with Gasteiger partial charge in [0, 0.05) is 6.04 Å². The van der Waals surface area contributed by atoms with Crippen molar-refractivity contribution in [3.63, 3.8) is 0 Å². The van der Waals surface area contributed by atoms with Crippen molar-refractivity contribution in [3.05, 3.63) is 12.3 Å². The fraction of sp³-hybridized carbons (Fsp3) is 0.810. The van der Waals surface area contributed by atoms with Gasteiger partial charge in [-0.15, -0.1) is 0 Å². The zero-order chi connectivity index (χ0) is 20.1. The van der Waals surface area contributed by atoms with Gasteiger partial charge in [0.25, 0.3) is 0 Å².